The van der Waals surface area contributed by atoms with E-state index in [1.54, 1.807) is 0 Å². The van der Waals surface area contributed by atoms with Gasteiger partial charge < -0.3 is 4.43 Å². The summed E-state index contributed by atoms with van der Waals surface area (Å²) in [6.07, 6.45) is 2.18. The lowest BCUT2D eigenvalue weighted by molar-refractivity contribution is -0.526. The van der Waals surface area contributed by atoms with E-state index >= 15 is 0 Å². The van der Waals surface area contributed by atoms with Gasteiger partial charge in [0.2, 0.25) is 14.4 Å². The highest BCUT2D eigenvalue weighted by Crippen LogP contribution is 2.27. The maximum Gasteiger partial charge on any atom is 0.295 e. The van der Waals surface area contributed by atoms with E-state index in [0.29, 0.717) is 25.7 Å². The quantitative estimate of drug-likeness (QED) is 0.434. The van der Waals surface area contributed by atoms with Crippen LogP contribution in [0.5, 0.6) is 0 Å². The van der Waals surface area contributed by atoms with Crippen LogP contribution in [0.4, 0.5) is 0 Å². The van der Waals surface area contributed by atoms with Crippen LogP contribution in [0, 0.1) is 16.0 Å². The first-order chi connectivity index (χ1) is 7.29. The van der Waals surface area contributed by atoms with Gasteiger partial charge in [-0.15, -0.1) is 0 Å². The highest BCUT2D eigenvalue weighted by molar-refractivity contribution is 6.71. The molecule has 0 amide bonds. The molecule has 0 N–H and O–H groups in total. The molecule has 0 aromatic rings. The number of rotatable bonds is 3. The summed E-state index contributed by atoms with van der Waals surface area (Å²) in [6, 6.07) is -0.462. The molecular weight excluding hydrogens is 226 g/mol. The Bertz CT molecular complexity index is 279. The van der Waals surface area contributed by atoms with Crippen LogP contribution in [-0.4, -0.2) is 25.3 Å². The molecule has 0 aromatic heterocycles. The minimum absolute atomic E-state index is 0.122. The van der Waals surface area contributed by atoms with E-state index in [0.717, 1.165) is 0 Å². The molecule has 1 fully saturated rings. The van der Waals surface area contributed by atoms with Crippen LogP contribution in [0.1, 0.15) is 25.7 Å². The van der Waals surface area contributed by atoms with Crippen molar-refractivity contribution in [1.29, 1.82) is 0 Å². The molecule has 1 aliphatic carbocycles. The smallest absolute Gasteiger partial charge is 0.295 e. The molecule has 16 heavy (non-hydrogen) atoms. The molecule has 0 spiro atoms. The summed E-state index contributed by atoms with van der Waals surface area (Å²) >= 11 is 0. The molecule has 0 atom stereocenters. The van der Waals surface area contributed by atoms with Gasteiger partial charge in [0.25, 0.3) is 5.97 Å². The molecule has 1 saturated carbocycles. The molecule has 1 rings (SSSR count). The fourth-order valence-corrected chi connectivity index (χ4v) is 2.68. The highest BCUT2D eigenvalue weighted by atomic mass is 28.4. The first-order valence-corrected chi connectivity index (χ1v) is 9.07. The predicted octanol–water partition coefficient (Wildman–Crippen LogP) is 2.20. The molecule has 0 radical (unpaired) electrons. The fraction of sp³-hybridized carbons (Fsp3) is 0.900. The van der Waals surface area contributed by atoms with Crippen molar-refractivity contribution in [3.05, 3.63) is 10.1 Å². The molecular formula is C10H19NO4Si. The first kappa shape index (κ1) is 13.2. The topological polar surface area (TPSA) is 69.4 Å². The summed E-state index contributed by atoms with van der Waals surface area (Å²) in [5.41, 5.74) is 0. The van der Waals surface area contributed by atoms with Crippen LogP contribution in [0.25, 0.3) is 0 Å². The fourth-order valence-electron chi connectivity index (χ4n) is 1.91. The highest BCUT2D eigenvalue weighted by Gasteiger charge is 2.34. The lowest BCUT2D eigenvalue weighted by Crippen LogP contribution is -2.36. The maximum atomic E-state index is 11.7. The van der Waals surface area contributed by atoms with Crippen molar-refractivity contribution < 1.29 is 14.1 Å². The Morgan fingerprint density at radius 2 is 1.75 bits per heavy atom. The summed E-state index contributed by atoms with van der Waals surface area (Å²) < 4.78 is 5.40. The Balaban J connectivity index is 2.42. The molecule has 6 heteroatoms. The van der Waals surface area contributed by atoms with Crippen molar-refractivity contribution in [2.75, 3.05) is 0 Å². The summed E-state index contributed by atoms with van der Waals surface area (Å²) in [4.78, 5) is 22.1. The van der Waals surface area contributed by atoms with Gasteiger partial charge in [-0.2, -0.15) is 0 Å². The van der Waals surface area contributed by atoms with Crippen molar-refractivity contribution >= 4 is 14.3 Å². The van der Waals surface area contributed by atoms with Gasteiger partial charge in [0.05, 0.1) is 5.92 Å². The van der Waals surface area contributed by atoms with E-state index in [-0.39, 0.29) is 16.8 Å². The molecule has 0 aliphatic heterocycles. The number of nitro groups is 1. The van der Waals surface area contributed by atoms with E-state index in [4.69, 9.17) is 4.43 Å². The monoisotopic (exact) mass is 245 g/mol. The lowest BCUT2D eigenvalue weighted by atomic mass is 9.86. The zero-order chi connectivity index (χ0) is 12.3. The van der Waals surface area contributed by atoms with Crippen molar-refractivity contribution in [1.82, 2.24) is 0 Å². The molecule has 0 bridgehead atoms. The number of hydrogen-bond acceptors (Lipinski definition) is 4. The van der Waals surface area contributed by atoms with E-state index in [1.165, 1.54) is 0 Å². The molecule has 0 heterocycles. The Labute approximate surface area is 96.5 Å². The largest absolute Gasteiger partial charge is 0.520 e. The molecule has 92 valence electrons. The number of nitrogens with zero attached hydrogens (tertiary/aromatic N) is 1. The van der Waals surface area contributed by atoms with Crippen LogP contribution in [0.2, 0.25) is 19.6 Å². The zero-order valence-electron chi connectivity index (χ0n) is 10.1. The number of hydrogen-bond donors (Lipinski definition) is 0. The van der Waals surface area contributed by atoms with Gasteiger partial charge in [0.1, 0.15) is 0 Å². The van der Waals surface area contributed by atoms with Crippen LogP contribution in [-0.2, 0) is 9.22 Å². The van der Waals surface area contributed by atoms with Crippen molar-refractivity contribution in [3.63, 3.8) is 0 Å². The lowest BCUT2D eigenvalue weighted by Gasteiger charge is -2.26. The standard InChI is InChI=1S/C10H19NO4Si/c1-16(2,3)15-10(12)8-4-6-9(7-5-8)11(13)14/h8-9H,4-7H2,1-3H3. The number of carbonyl (C=O) groups excluding carboxylic acids is 1. The van der Waals surface area contributed by atoms with E-state index in [9.17, 15) is 14.9 Å². The third-order valence-corrected chi connectivity index (χ3v) is 3.55. The summed E-state index contributed by atoms with van der Waals surface area (Å²) in [5.74, 6) is -0.274. The Kier molecular flexibility index (Phi) is 4.07. The minimum atomic E-state index is -1.83. The summed E-state index contributed by atoms with van der Waals surface area (Å²) in [6.45, 7) is 5.90. The second-order valence-electron chi connectivity index (χ2n) is 5.32. The average molecular weight is 245 g/mol. The minimum Gasteiger partial charge on any atom is -0.520 e. The van der Waals surface area contributed by atoms with E-state index in [1.807, 2.05) is 19.6 Å². The van der Waals surface area contributed by atoms with Gasteiger partial charge in [-0.05, 0) is 32.5 Å². The predicted molar refractivity (Wildman–Crippen MR) is 62.2 cm³/mol. The molecule has 0 aromatic carbocycles. The Hall–Kier alpha value is -0.913. The maximum absolute atomic E-state index is 11.7. The summed E-state index contributed by atoms with van der Waals surface area (Å²) in [5, 5.41) is 10.6. The Morgan fingerprint density at radius 3 is 2.12 bits per heavy atom. The van der Waals surface area contributed by atoms with Gasteiger partial charge in [0.15, 0.2) is 0 Å². The second kappa shape index (κ2) is 4.95. The average Bonchev–Trinajstić information content (AvgIpc) is 2.15. The molecule has 1 aliphatic rings. The van der Waals surface area contributed by atoms with Crippen molar-refractivity contribution in [3.8, 4) is 0 Å². The van der Waals surface area contributed by atoms with Crippen LogP contribution >= 0.6 is 0 Å². The van der Waals surface area contributed by atoms with E-state index < -0.39 is 14.4 Å². The third kappa shape index (κ3) is 3.92. The van der Waals surface area contributed by atoms with Crippen molar-refractivity contribution in [2.45, 2.75) is 51.4 Å². The normalized spacial score (nSPS) is 26.2. The first-order valence-electron chi connectivity index (χ1n) is 5.66. The van der Waals surface area contributed by atoms with Crippen LogP contribution < -0.4 is 0 Å². The second-order valence-corrected chi connectivity index (χ2v) is 9.75. The van der Waals surface area contributed by atoms with Crippen molar-refractivity contribution in [2.24, 2.45) is 5.92 Å². The molecule has 0 unspecified atom stereocenters. The van der Waals surface area contributed by atoms with Gasteiger partial charge in [0, 0.05) is 17.8 Å². The van der Waals surface area contributed by atoms with Gasteiger partial charge in [-0.1, -0.05) is 0 Å². The molecule has 5 nitrogen and oxygen atoms in total. The Morgan fingerprint density at radius 1 is 1.25 bits per heavy atom. The van der Waals surface area contributed by atoms with Gasteiger partial charge in [-0.25, -0.2) is 0 Å². The van der Waals surface area contributed by atoms with E-state index in [2.05, 4.69) is 0 Å². The molecule has 0 saturated heterocycles. The SMILES string of the molecule is C[Si](C)(C)OC(=O)C1CCC([N+](=O)[O-])CC1. The zero-order valence-corrected chi connectivity index (χ0v) is 11.1. The third-order valence-electron chi connectivity index (χ3n) is 2.73. The van der Waals surface area contributed by atoms with Crippen LogP contribution in [0.15, 0.2) is 0 Å². The summed E-state index contributed by atoms with van der Waals surface area (Å²) in [7, 11) is -1.83. The van der Waals surface area contributed by atoms with Crippen LogP contribution in [0.3, 0.4) is 0 Å². The number of carbonyl (C=O) groups is 1. The van der Waals surface area contributed by atoms with Gasteiger partial charge >= 0.3 is 0 Å². The van der Waals surface area contributed by atoms with Gasteiger partial charge in [-0.3, -0.25) is 14.9 Å².